The number of unbranched alkanes of at least 4 members (excludes halogenated alkanes) is 1. The number of aromatic nitrogens is 1. The Labute approximate surface area is 315 Å². The highest BCUT2D eigenvalue weighted by molar-refractivity contribution is 6.43. The Hall–Kier alpha value is -5.97. The first-order valence-electron chi connectivity index (χ1n) is 17.9. The SMILES string of the molecule is COC(=O)COc1ccc(C2=CC(c3ccccc3)=NC2=Nc2c(-c3ccc(OC)cc3)cc(-c3ccc(OCCCCC(C)C)cc3)n2B(F)F)cc1. The van der Waals surface area contributed by atoms with Crippen LogP contribution in [0.15, 0.2) is 125 Å². The monoisotopic (exact) mass is 729 g/mol. The maximum absolute atomic E-state index is 15.4. The van der Waals surface area contributed by atoms with E-state index in [1.165, 1.54) is 7.11 Å². The van der Waals surface area contributed by atoms with Crippen molar-refractivity contribution in [1.82, 2.24) is 4.48 Å². The summed E-state index contributed by atoms with van der Waals surface area (Å²) in [6.07, 6.45) is 5.07. The molecule has 276 valence electrons. The van der Waals surface area contributed by atoms with Gasteiger partial charge < -0.3 is 23.4 Å². The molecule has 1 aromatic heterocycles. The third-order valence-electron chi connectivity index (χ3n) is 8.98. The Bertz CT molecular complexity index is 2130. The van der Waals surface area contributed by atoms with E-state index in [0.717, 1.165) is 34.9 Å². The largest absolute Gasteiger partial charge is 0.679 e. The van der Waals surface area contributed by atoms with Gasteiger partial charge in [-0.15, -0.1) is 0 Å². The van der Waals surface area contributed by atoms with Crippen LogP contribution < -0.4 is 14.2 Å². The van der Waals surface area contributed by atoms with Gasteiger partial charge in [0.15, 0.2) is 12.4 Å². The van der Waals surface area contributed by atoms with E-state index in [-0.39, 0.29) is 18.3 Å². The molecule has 0 spiro atoms. The minimum Gasteiger partial charge on any atom is -0.497 e. The highest BCUT2D eigenvalue weighted by Gasteiger charge is 2.30. The predicted molar refractivity (Wildman–Crippen MR) is 211 cm³/mol. The number of allylic oxidation sites excluding steroid dienone is 1. The second kappa shape index (κ2) is 17.7. The molecule has 2 heterocycles. The van der Waals surface area contributed by atoms with Gasteiger partial charge in [-0.25, -0.2) is 14.8 Å². The van der Waals surface area contributed by atoms with Crippen LogP contribution in [0.25, 0.3) is 28.0 Å². The molecule has 0 atom stereocenters. The van der Waals surface area contributed by atoms with Gasteiger partial charge in [-0.1, -0.05) is 74.9 Å². The molecule has 54 heavy (non-hydrogen) atoms. The second-order valence-electron chi connectivity index (χ2n) is 13.2. The number of benzene rings is 4. The summed E-state index contributed by atoms with van der Waals surface area (Å²) in [5, 5.41) is 0. The first kappa shape index (κ1) is 37.8. The zero-order valence-corrected chi connectivity index (χ0v) is 30.8. The Morgan fingerprint density at radius 3 is 2.04 bits per heavy atom. The van der Waals surface area contributed by atoms with Crippen molar-refractivity contribution < 1.29 is 32.4 Å². The molecule has 0 saturated heterocycles. The lowest BCUT2D eigenvalue weighted by Gasteiger charge is -2.12. The van der Waals surface area contributed by atoms with Crippen molar-refractivity contribution in [1.29, 1.82) is 0 Å². The third-order valence-corrected chi connectivity index (χ3v) is 8.98. The number of nitrogens with zero attached hydrogens (tertiary/aromatic N) is 3. The van der Waals surface area contributed by atoms with Gasteiger partial charge in [-0.3, -0.25) is 8.63 Å². The molecule has 8 nitrogen and oxygen atoms in total. The number of methoxy groups -OCH3 is 2. The zero-order chi connectivity index (χ0) is 38.0. The summed E-state index contributed by atoms with van der Waals surface area (Å²) in [6, 6.07) is 32.8. The van der Waals surface area contributed by atoms with E-state index in [9.17, 15) is 4.79 Å². The number of carbonyl (C=O) groups excluding carboxylic acids is 1. The van der Waals surface area contributed by atoms with E-state index < -0.39 is 13.4 Å². The molecule has 0 bridgehead atoms. The van der Waals surface area contributed by atoms with Crippen molar-refractivity contribution in [3.05, 3.63) is 126 Å². The average molecular weight is 730 g/mol. The Kier molecular flexibility index (Phi) is 12.4. The van der Waals surface area contributed by atoms with Crippen LogP contribution in [0.3, 0.4) is 0 Å². The van der Waals surface area contributed by atoms with Crippen molar-refractivity contribution in [3.8, 4) is 39.6 Å². The molecular weight excluding hydrogens is 687 g/mol. The molecule has 0 unspecified atom stereocenters. The molecule has 6 rings (SSSR count). The normalized spacial score (nSPS) is 13.1. The lowest BCUT2D eigenvalue weighted by atomic mass is 10.0. The van der Waals surface area contributed by atoms with E-state index in [1.807, 2.05) is 72.8 Å². The fourth-order valence-electron chi connectivity index (χ4n) is 6.09. The third kappa shape index (κ3) is 9.15. The summed E-state index contributed by atoms with van der Waals surface area (Å²) in [6.45, 7) is 4.77. The molecule has 0 saturated carbocycles. The molecule has 1 aliphatic rings. The van der Waals surface area contributed by atoms with Crippen molar-refractivity contribution in [2.45, 2.75) is 33.1 Å². The maximum Gasteiger partial charge on any atom is 0.679 e. The van der Waals surface area contributed by atoms with Crippen molar-refractivity contribution in [2.24, 2.45) is 15.9 Å². The van der Waals surface area contributed by atoms with Crippen molar-refractivity contribution in [2.75, 3.05) is 27.4 Å². The summed E-state index contributed by atoms with van der Waals surface area (Å²) in [5.74, 6) is 2.24. The Balaban J connectivity index is 1.43. The smallest absolute Gasteiger partial charge is 0.497 e. The quantitative estimate of drug-likeness (QED) is 0.0574. The van der Waals surface area contributed by atoms with Gasteiger partial charge in [0.05, 0.1) is 26.5 Å². The standard InChI is InChI=1S/C43H42BF2N3O5/c1-29(2)10-8-9-25-53-35-23-17-33(18-24-35)40-27-38(31-13-19-34(51-3)20-14-31)43(49(40)44(45)46)48-42-37(26-39(47-42)32-11-6-5-7-12-32)30-15-21-36(22-16-30)54-28-41(50)52-4/h5-7,11-24,26-27,29H,8-10,25,28H2,1-4H3. The van der Waals surface area contributed by atoms with Crippen LogP contribution in [0.1, 0.15) is 44.2 Å². The highest BCUT2D eigenvalue weighted by Crippen LogP contribution is 2.41. The topological polar surface area (TPSA) is 83.6 Å². The Morgan fingerprint density at radius 1 is 0.778 bits per heavy atom. The van der Waals surface area contributed by atoms with Crippen LogP contribution in [0.5, 0.6) is 17.2 Å². The van der Waals surface area contributed by atoms with E-state index >= 15 is 8.63 Å². The van der Waals surface area contributed by atoms with Gasteiger partial charge in [0.1, 0.15) is 23.1 Å². The molecule has 11 heteroatoms. The number of ether oxygens (including phenoxy) is 4. The zero-order valence-electron chi connectivity index (χ0n) is 30.8. The number of hydrogen-bond donors (Lipinski definition) is 0. The van der Waals surface area contributed by atoms with Gasteiger partial charge in [0.2, 0.25) is 0 Å². The molecule has 0 amide bonds. The minimum absolute atomic E-state index is 0.0487. The molecule has 0 radical (unpaired) electrons. The minimum atomic E-state index is -2.93. The molecule has 0 aliphatic carbocycles. The van der Waals surface area contributed by atoms with Gasteiger partial charge in [0, 0.05) is 22.4 Å². The molecular formula is C43H42BF2N3O5. The highest BCUT2D eigenvalue weighted by atomic mass is 19.2. The van der Waals surface area contributed by atoms with Crippen molar-refractivity contribution >= 4 is 36.3 Å². The van der Waals surface area contributed by atoms with Gasteiger partial charge in [-0.2, -0.15) is 0 Å². The average Bonchev–Trinajstić information content (AvgIpc) is 3.80. The van der Waals surface area contributed by atoms with Crippen LogP contribution in [0.2, 0.25) is 0 Å². The molecule has 1 aliphatic heterocycles. The van der Waals surface area contributed by atoms with Crippen LogP contribution in [0.4, 0.5) is 14.4 Å². The maximum atomic E-state index is 15.4. The van der Waals surface area contributed by atoms with E-state index in [0.29, 0.717) is 63.4 Å². The second-order valence-corrected chi connectivity index (χ2v) is 13.2. The molecule has 0 fully saturated rings. The number of halogens is 2. The number of esters is 1. The summed E-state index contributed by atoms with van der Waals surface area (Å²) < 4.78 is 53.3. The molecule has 4 aromatic carbocycles. The molecule has 5 aromatic rings. The lowest BCUT2D eigenvalue weighted by Crippen LogP contribution is -2.14. The van der Waals surface area contributed by atoms with Gasteiger partial charge in [0.25, 0.3) is 0 Å². The Morgan fingerprint density at radius 2 is 1.41 bits per heavy atom. The number of rotatable bonds is 16. The molecule has 0 N–H and O–H groups in total. The van der Waals surface area contributed by atoms with Crippen LogP contribution in [-0.4, -0.2) is 56.8 Å². The van der Waals surface area contributed by atoms with E-state index in [4.69, 9.17) is 24.2 Å². The summed E-state index contributed by atoms with van der Waals surface area (Å²) in [7, 11) is -0.0617. The van der Waals surface area contributed by atoms with Gasteiger partial charge >= 0.3 is 13.4 Å². The summed E-state index contributed by atoms with van der Waals surface area (Å²) in [5.41, 5.74) is 4.91. The van der Waals surface area contributed by atoms with Crippen LogP contribution >= 0.6 is 0 Å². The first-order valence-corrected chi connectivity index (χ1v) is 17.9. The summed E-state index contributed by atoms with van der Waals surface area (Å²) in [4.78, 5) is 21.5. The van der Waals surface area contributed by atoms with Crippen LogP contribution in [-0.2, 0) is 9.53 Å². The van der Waals surface area contributed by atoms with E-state index in [2.05, 4.69) is 18.6 Å². The lowest BCUT2D eigenvalue weighted by molar-refractivity contribution is -0.142. The van der Waals surface area contributed by atoms with E-state index in [1.54, 1.807) is 49.6 Å². The predicted octanol–water partition coefficient (Wildman–Crippen LogP) is 9.98. The summed E-state index contributed by atoms with van der Waals surface area (Å²) >= 11 is 0. The number of hydrogen-bond acceptors (Lipinski definition) is 6. The number of carbonyl (C=O) groups is 1. The number of amidine groups is 1. The van der Waals surface area contributed by atoms with Gasteiger partial charge in [-0.05, 0) is 96.1 Å². The van der Waals surface area contributed by atoms with Crippen LogP contribution in [0, 0.1) is 5.92 Å². The fraction of sp³-hybridized carbons (Fsp3) is 0.233. The first-order chi connectivity index (χ1) is 26.2. The number of aliphatic imine (C=N–C) groups is 2. The fourth-order valence-corrected chi connectivity index (χ4v) is 6.09. The van der Waals surface area contributed by atoms with Crippen molar-refractivity contribution in [3.63, 3.8) is 0 Å².